The number of amides is 1. The van der Waals surface area contributed by atoms with Gasteiger partial charge < -0.3 is 10.2 Å². The van der Waals surface area contributed by atoms with Gasteiger partial charge in [-0.15, -0.1) is 0 Å². The zero-order valence-corrected chi connectivity index (χ0v) is 16.5. The van der Waals surface area contributed by atoms with Crippen LogP contribution in [0, 0.1) is 10.1 Å². The van der Waals surface area contributed by atoms with Crippen LogP contribution in [0.2, 0.25) is 0 Å². The summed E-state index contributed by atoms with van der Waals surface area (Å²) in [4.78, 5) is 24.6. The molecular weight excluding hydrogens is 382 g/mol. The molecule has 1 aromatic heterocycles. The van der Waals surface area contributed by atoms with E-state index in [4.69, 9.17) is 0 Å². The van der Waals surface area contributed by atoms with Gasteiger partial charge in [-0.2, -0.15) is 5.10 Å². The van der Waals surface area contributed by atoms with Crippen LogP contribution in [0.15, 0.2) is 60.9 Å². The molecule has 1 aliphatic rings. The number of carbonyl (C=O) groups is 1. The van der Waals surface area contributed by atoms with E-state index < -0.39 is 4.92 Å². The van der Waals surface area contributed by atoms with Gasteiger partial charge >= 0.3 is 5.69 Å². The van der Waals surface area contributed by atoms with Crippen molar-refractivity contribution in [2.45, 2.75) is 32.5 Å². The number of carbonyl (C=O) groups excluding carboxylic acids is 1. The molecule has 1 aliphatic heterocycles. The van der Waals surface area contributed by atoms with Crippen molar-refractivity contribution in [1.29, 1.82) is 0 Å². The number of hydrogen-bond donors (Lipinski definition) is 1. The number of fused-ring (bicyclic) bond motifs is 1. The lowest BCUT2D eigenvalue weighted by molar-refractivity contribution is -0.385. The SMILES string of the molecule is O=C(CCn1cc([N+](=O)[O-])cn1)NCc1ccc(CN2CCc3ccccc32)cc1. The van der Waals surface area contributed by atoms with Crippen molar-refractivity contribution in [3.8, 4) is 0 Å². The van der Waals surface area contributed by atoms with Crippen LogP contribution in [-0.2, 0) is 30.8 Å². The van der Waals surface area contributed by atoms with Crippen molar-refractivity contribution in [2.24, 2.45) is 0 Å². The van der Waals surface area contributed by atoms with Crippen molar-refractivity contribution in [3.05, 3.63) is 87.7 Å². The first-order chi connectivity index (χ1) is 14.6. The Labute approximate surface area is 174 Å². The fraction of sp³-hybridized carbons (Fsp3) is 0.273. The van der Waals surface area contributed by atoms with E-state index in [0.29, 0.717) is 13.1 Å². The monoisotopic (exact) mass is 405 g/mol. The number of nitrogens with zero attached hydrogens (tertiary/aromatic N) is 4. The number of hydrogen-bond acceptors (Lipinski definition) is 5. The summed E-state index contributed by atoms with van der Waals surface area (Å²) in [6.07, 6.45) is 3.81. The molecule has 3 aromatic rings. The molecule has 0 bridgehead atoms. The second-order valence-electron chi connectivity index (χ2n) is 7.36. The predicted octanol–water partition coefficient (Wildman–Crippen LogP) is 3.06. The van der Waals surface area contributed by atoms with E-state index >= 15 is 0 Å². The van der Waals surface area contributed by atoms with Gasteiger partial charge in [0.2, 0.25) is 5.91 Å². The molecule has 2 aromatic carbocycles. The Hall–Kier alpha value is -3.68. The Balaban J connectivity index is 1.23. The average molecular weight is 405 g/mol. The molecule has 0 saturated carbocycles. The van der Waals surface area contributed by atoms with E-state index in [1.54, 1.807) is 0 Å². The molecule has 4 rings (SSSR count). The van der Waals surface area contributed by atoms with Gasteiger partial charge in [0.25, 0.3) is 0 Å². The normalized spacial score (nSPS) is 12.6. The van der Waals surface area contributed by atoms with Crippen LogP contribution < -0.4 is 10.2 Å². The largest absolute Gasteiger partial charge is 0.367 e. The van der Waals surface area contributed by atoms with Gasteiger partial charge in [0.05, 0.1) is 4.92 Å². The molecular formula is C22H23N5O3. The van der Waals surface area contributed by atoms with Gasteiger partial charge in [0, 0.05) is 38.3 Å². The average Bonchev–Trinajstić information content (AvgIpc) is 3.39. The first-order valence-electron chi connectivity index (χ1n) is 9.93. The summed E-state index contributed by atoms with van der Waals surface area (Å²) >= 11 is 0. The van der Waals surface area contributed by atoms with Crippen molar-refractivity contribution in [1.82, 2.24) is 15.1 Å². The van der Waals surface area contributed by atoms with Gasteiger partial charge in [-0.1, -0.05) is 42.5 Å². The number of anilines is 1. The number of para-hydroxylation sites is 1. The van der Waals surface area contributed by atoms with Crippen molar-refractivity contribution in [2.75, 3.05) is 11.4 Å². The molecule has 0 unspecified atom stereocenters. The molecule has 154 valence electrons. The third kappa shape index (κ3) is 4.65. The molecule has 2 heterocycles. The smallest absolute Gasteiger partial charge is 0.306 e. The zero-order chi connectivity index (χ0) is 20.9. The van der Waals surface area contributed by atoms with Crippen molar-refractivity contribution in [3.63, 3.8) is 0 Å². The summed E-state index contributed by atoms with van der Waals surface area (Å²) in [7, 11) is 0. The fourth-order valence-electron chi connectivity index (χ4n) is 3.63. The lowest BCUT2D eigenvalue weighted by Crippen LogP contribution is -2.24. The Morgan fingerprint density at radius 3 is 2.67 bits per heavy atom. The minimum absolute atomic E-state index is 0.0760. The Bertz CT molecular complexity index is 1040. The summed E-state index contributed by atoms with van der Waals surface area (Å²) in [5.74, 6) is -0.120. The van der Waals surface area contributed by atoms with E-state index in [2.05, 4.69) is 51.7 Å². The Morgan fingerprint density at radius 1 is 1.13 bits per heavy atom. The van der Waals surface area contributed by atoms with E-state index in [0.717, 1.165) is 25.1 Å². The highest BCUT2D eigenvalue weighted by Gasteiger charge is 2.18. The summed E-state index contributed by atoms with van der Waals surface area (Å²) in [5, 5.41) is 17.4. The Kier molecular flexibility index (Phi) is 5.74. The van der Waals surface area contributed by atoms with Crippen LogP contribution in [0.4, 0.5) is 11.4 Å². The number of nitrogens with one attached hydrogen (secondary N) is 1. The molecule has 0 fully saturated rings. The quantitative estimate of drug-likeness (QED) is 0.459. The maximum Gasteiger partial charge on any atom is 0.306 e. The lowest BCUT2D eigenvalue weighted by atomic mass is 10.1. The lowest BCUT2D eigenvalue weighted by Gasteiger charge is -2.19. The van der Waals surface area contributed by atoms with E-state index in [9.17, 15) is 14.9 Å². The molecule has 8 nitrogen and oxygen atoms in total. The predicted molar refractivity (Wildman–Crippen MR) is 113 cm³/mol. The fourth-order valence-corrected chi connectivity index (χ4v) is 3.63. The Morgan fingerprint density at radius 2 is 1.90 bits per heavy atom. The van der Waals surface area contributed by atoms with E-state index in [1.807, 2.05) is 12.1 Å². The first kappa shape index (κ1) is 19.6. The maximum absolute atomic E-state index is 12.1. The summed E-state index contributed by atoms with van der Waals surface area (Å²) in [6, 6.07) is 16.8. The minimum atomic E-state index is -0.504. The number of aromatic nitrogens is 2. The van der Waals surface area contributed by atoms with Crippen LogP contribution in [0.3, 0.4) is 0 Å². The highest BCUT2D eigenvalue weighted by Crippen LogP contribution is 2.28. The number of rotatable bonds is 8. The van der Waals surface area contributed by atoms with Gasteiger partial charge in [-0.05, 0) is 29.2 Å². The van der Waals surface area contributed by atoms with Crippen LogP contribution in [0.25, 0.3) is 0 Å². The summed E-state index contributed by atoms with van der Waals surface area (Å²) in [6.45, 7) is 2.66. The molecule has 1 N–H and O–H groups in total. The minimum Gasteiger partial charge on any atom is -0.367 e. The van der Waals surface area contributed by atoms with Crippen LogP contribution in [0.1, 0.15) is 23.1 Å². The van der Waals surface area contributed by atoms with Gasteiger partial charge in [-0.25, -0.2) is 0 Å². The third-order valence-corrected chi connectivity index (χ3v) is 5.27. The number of benzene rings is 2. The van der Waals surface area contributed by atoms with Crippen LogP contribution in [0.5, 0.6) is 0 Å². The first-order valence-corrected chi connectivity index (χ1v) is 9.93. The maximum atomic E-state index is 12.1. The number of nitro groups is 1. The molecule has 0 aliphatic carbocycles. The van der Waals surface area contributed by atoms with E-state index in [1.165, 1.54) is 33.9 Å². The van der Waals surface area contributed by atoms with Crippen molar-refractivity contribution >= 4 is 17.3 Å². The second-order valence-corrected chi connectivity index (χ2v) is 7.36. The molecule has 0 spiro atoms. The van der Waals surface area contributed by atoms with Gasteiger partial charge in [0.1, 0.15) is 12.4 Å². The molecule has 0 radical (unpaired) electrons. The topological polar surface area (TPSA) is 93.3 Å². The molecule has 1 amide bonds. The zero-order valence-electron chi connectivity index (χ0n) is 16.5. The van der Waals surface area contributed by atoms with Crippen LogP contribution in [-0.4, -0.2) is 27.2 Å². The summed E-state index contributed by atoms with van der Waals surface area (Å²) in [5.41, 5.74) is 4.91. The molecule has 0 atom stereocenters. The molecule has 0 saturated heterocycles. The third-order valence-electron chi connectivity index (χ3n) is 5.27. The van der Waals surface area contributed by atoms with Gasteiger partial charge in [-0.3, -0.25) is 19.6 Å². The van der Waals surface area contributed by atoms with Crippen LogP contribution >= 0.6 is 0 Å². The second kappa shape index (κ2) is 8.77. The standard InChI is InChI=1S/C22H23N5O3/c28-22(10-12-26-16-20(14-24-26)27(29)30)23-13-17-5-7-18(8-6-17)15-25-11-9-19-3-1-2-4-21(19)25/h1-8,14,16H,9-13,15H2,(H,23,28). The van der Waals surface area contributed by atoms with Gasteiger partial charge in [0.15, 0.2) is 0 Å². The number of aryl methyl sites for hydroxylation is 1. The highest BCUT2D eigenvalue weighted by atomic mass is 16.6. The van der Waals surface area contributed by atoms with E-state index in [-0.39, 0.29) is 18.0 Å². The molecule has 8 heteroatoms. The summed E-state index contributed by atoms with van der Waals surface area (Å²) < 4.78 is 1.41. The van der Waals surface area contributed by atoms with Crippen molar-refractivity contribution < 1.29 is 9.72 Å². The highest BCUT2D eigenvalue weighted by molar-refractivity contribution is 5.75. The molecule has 30 heavy (non-hydrogen) atoms.